The Morgan fingerprint density at radius 3 is 2.79 bits per heavy atom. The maximum absolute atomic E-state index is 13.9. The van der Waals surface area contributed by atoms with E-state index in [1.54, 1.807) is 18.2 Å². The molecule has 1 aliphatic rings. The Balaban J connectivity index is 1.87. The first-order chi connectivity index (χ1) is 13.2. The Labute approximate surface area is 165 Å². The minimum absolute atomic E-state index is 0.0312. The SMILES string of the molecule is Cc1cc(Nc2nc(N[C@@H]3CCCC(F)(F)[C@@H]3N)nnc2C(N)=O)ccc1Cl. The van der Waals surface area contributed by atoms with Gasteiger partial charge in [-0.1, -0.05) is 11.6 Å². The topological polar surface area (TPSA) is 132 Å². The van der Waals surface area contributed by atoms with Gasteiger partial charge in [0.1, 0.15) is 0 Å². The van der Waals surface area contributed by atoms with Crippen molar-refractivity contribution in [2.45, 2.75) is 44.2 Å². The summed E-state index contributed by atoms with van der Waals surface area (Å²) in [5, 5.41) is 13.9. The van der Waals surface area contributed by atoms with Crippen LogP contribution in [-0.2, 0) is 0 Å². The van der Waals surface area contributed by atoms with Crippen LogP contribution >= 0.6 is 11.6 Å². The normalized spacial score (nSPS) is 21.2. The Hall–Kier alpha value is -2.59. The number of anilines is 3. The van der Waals surface area contributed by atoms with Gasteiger partial charge in [0.2, 0.25) is 5.95 Å². The van der Waals surface area contributed by atoms with Gasteiger partial charge in [0.05, 0.1) is 12.1 Å². The second kappa shape index (κ2) is 7.80. The number of rotatable bonds is 5. The van der Waals surface area contributed by atoms with Crippen LogP contribution in [0, 0.1) is 6.92 Å². The van der Waals surface area contributed by atoms with Crippen molar-refractivity contribution >= 4 is 35.0 Å². The van der Waals surface area contributed by atoms with E-state index in [0.29, 0.717) is 23.6 Å². The van der Waals surface area contributed by atoms with E-state index in [-0.39, 0.29) is 23.9 Å². The second-order valence-corrected chi connectivity index (χ2v) is 7.12. The minimum atomic E-state index is -2.97. The van der Waals surface area contributed by atoms with Crippen molar-refractivity contribution in [1.82, 2.24) is 15.2 Å². The van der Waals surface area contributed by atoms with Crippen LogP contribution in [-0.4, -0.2) is 39.1 Å². The van der Waals surface area contributed by atoms with Crippen LogP contribution in [0.3, 0.4) is 0 Å². The van der Waals surface area contributed by atoms with Crippen molar-refractivity contribution < 1.29 is 13.6 Å². The second-order valence-electron chi connectivity index (χ2n) is 6.72. The van der Waals surface area contributed by atoms with E-state index in [1.165, 1.54) is 0 Å². The largest absolute Gasteiger partial charge is 0.364 e. The molecule has 0 radical (unpaired) electrons. The molecule has 3 rings (SSSR count). The molecule has 1 fully saturated rings. The molecule has 6 N–H and O–H groups in total. The Kier molecular flexibility index (Phi) is 5.61. The van der Waals surface area contributed by atoms with Crippen molar-refractivity contribution in [1.29, 1.82) is 0 Å². The lowest BCUT2D eigenvalue weighted by Gasteiger charge is -2.35. The molecule has 1 aliphatic carbocycles. The number of amides is 1. The van der Waals surface area contributed by atoms with Crippen molar-refractivity contribution in [2.75, 3.05) is 10.6 Å². The Morgan fingerprint density at radius 2 is 2.11 bits per heavy atom. The van der Waals surface area contributed by atoms with Crippen LogP contribution in [0.15, 0.2) is 18.2 Å². The lowest BCUT2D eigenvalue weighted by atomic mass is 9.87. The number of nitrogens with one attached hydrogen (secondary N) is 2. The fourth-order valence-corrected chi connectivity index (χ4v) is 3.14. The predicted octanol–water partition coefficient (Wildman–Crippen LogP) is 2.60. The lowest BCUT2D eigenvalue weighted by Crippen LogP contribution is -2.55. The molecule has 2 aromatic rings. The highest BCUT2D eigenvalue weighted by molar-refractivity contribution is 6.31. The van der Waals surface area contributed by atoms with Crippen molar-refractivity contribution in [3.63, 3.8) is 0 Å². The van der Waals surface area contributed by atoms with Gasteiger partial charge in [-0.3, -0.25) is 4.79 Å². The number of hydrogen-bond donors (Lipinski definition) is 4. The van der Waals surface area contributed by atoms with E-state index >= 15 is 0 Å². The number of nitrogens with two attached hydrogens (primary N) is 2. The fraction of sp³-hybridized carbons (Fsp3) is 0.412. The maximum atomic E-state index is 13.9. The number of hydrogen-bond acceptors (Lipinski definition) is 7. The first-order valence-electron chi connectivity index (χ1n) is 8.65. The predicted molar refractivity (Wildman–Crippen MR) is 102 cm³/mol. The summed E-state index contributed by atoms with van der Waals surface area (Å²) in [4.78, 5) is 15.8. The molecule has 150 valence electrons. The van der Waals surface area contributed by atoms with Crippen molar-refractivity contribution in [3.05, 3.63) is 34.5 Å². The molecular formula is C17H20ClF2N7O. The average Bonchev–Trinajstić information content (AvgIpc) is 2.62. The van der Waals surface area contributed by atoms with Gasteiger partial charge in [0, 0.05) is 17.1 Å². The highest BCUT2D eigenvalue weighted by Crippen LogP contribution is 2.33. The monoisotopic (exact) mass is 411 g/mol. The molecule has 0 saturated heterocycles. The molecule has 2 atom stereocenters. The minimum Gasteiger partial charge on any atom is -0.364 e. The van der Waals surface area contributed by atoms with Gasteiger partial charge in [-0.05, 0) is 43.5 Å². The summed E-state index contributed by atoms with van der Waals surface area (Å²) in [6, 6.07) is 3.01. The summed E-state index contributed by atoms with van der Waals surface area (Å²) in [5.41, 5.74) is 12.2. The fourth-order valence-electron chi connectivity index (χ4n) is 3.03. The van der Waals surface area contributed by atoms with Crippen LogP contribution in [0.5, 0.6) is 0 Å². The van der Waals surface area contributed by atoms with Crippen LogP contribution in [0.4, 0.5) is 26.2 Å². The van der Waals surface area contributed by atoms with Gasteiger partial charge < -0.3 is 22.1 Å². The van der Waals surface area contributed by atoms with Crippen LogP contribution in [0.2, 0.25) is 5.02 Å². The zero-order valence-corrected chi connectivity index (χ0v) is 15.8. The van der Waals surface area contributed by atoms with Gasteiger partial charge in [-0.2, -0.15) is 4.98 Å². The lowest BCUT2D eigenvalue weighted by molar-refractivity contribution is -0.0555. The van der Waals surface area contributed by atoms with Crippen LogP contribution < -0.4 is 22.1 Å². The van der Waals surface area contributed by atoms with E-state index in [1.807, 2.05) is 6.92 Å². The Morgan fingerprint density at radius 1 is 1.36 bits per heavy atom. The zero-order chi connectivity index (χ0) is 20.5. The number of benzene rings is 1. The number of alkyl halides is 2. The highest BCUT2D eigenvalue weighted by Gasteiger charge is 2.45. The molecule has 1 saturated carbocycles. The number of carbonyl (C=O) groups is 1. The van der Waals surface area contributed by atoms with Gasteiger partial charge in [0.25, 0.3) is 11.8 Å². The van der Waals surface area contributed by atoms with Gasteiger partial charge in [-0.15, -0.1) is 10.2 Å². The third kappa shape index (κ3) is 4.28. The number of nitrogens with zero attached hydrogens (tertiary/aromatic N) is 3. The van der Waals surface area contributed by atoms with E-state index in [0.717, 1.165) is 5.56 Å². The van der Waals surface area contributed by atoms with E-state index in [2.05, 4.69) is 25.8 Å². The van der Waals surface area contributed by atoms with Crippen LogP contribution in [0.25, 0.3) is 0 Å². The van der Waals surface area contributed by atoms with Gasteiger partial charge in [-0.25, -0.2) is 8.78 Å². The number of primary amides is 1. The zero-order valence-electron chi connectivity index (χ0n) is 15.0. The third-order valence-electron chi connectivity index (χ3n) is 4.60. The number of aromatic nitrogens is 3. The summed E-state index contributed by atoms with van der Waals surface area (Å²) in [5.74, 6) is -3.79. The molecule has 28 heavy (non-hydrogen) atoms. The molecule has 0 aliphatic heterocycles. The van der Waals surface area contributed by atoms with Gasteiger partial charge >= 0.3 is 0 Å². The molecule has 1 aromatic carbocycles. The van der Waals surface area contributed by atoms with E-state index < -0.39 is 23.9 Å². The number of halogens is 3. The maximum Gasteiger partial charge on any atom is 0.273 e. The quantitative estimate of drug-likeness (QED) is 0.594. The molecule has 0 unspecified atom stereocenters. The standard InChI is InChI=1S/C17H20ClF2N7O/c1-8-7-9(4-5-10(8)18)23-15-12(14(22)28)26-27-16(25-15)24-11-3-2-6-17(19,20)13(11)21/h4-5,7,11,13H,2-3,6,21H2,1H3,(H2,22,28)(H2,23,24,25,27)/t11-,13-/m1/s1. The summed E-state index contributed by atoms with van der Waals surface area (Å²) < 4.78 is 27.7. The van der Waals surface area contributed by atoms with Crippen molar-refractivity contribution in [3.8, 4) is 0 Å². The molecule has 1 amide bonds. The first kappa shape index (κ1) is 20.2. The highest BCUT2D eigenvalue weighted by atomic mass is 35.5. The Bertz CT molecular complexity index is 896. The molecule has 8 nitrogen and oxygen atoms in total. The number of aryl methyl sites for hydroxylation is 1. The summed E-state index contributed by atoms with van der Waals surface area (Å²) in [6.07, 6.45) is 0.506. The third-order valence-corrected chi connectivity index (χ3v) is 5.03. The average molecular weight is 412 g/mol. The van der Waals surface area contributed by atoms with Crippen molar-refractivity contribution in [2.24, 2.45) is 11.5 Å². The number of carbonyl (C=O) groups excluding carboxylic acids is 1. The molecule has 1 aromatic heterocycles. The summed E-state index contributed by atoms with van der Waals surface area (Å²) in [6.45, 7) is 1.82. The smallest absolute Gasteiger partial charge is 0.273 e. The molecule has 0 bridgehead atoms. The van der Waals surface area contributed by atoms with E-state index in [9.17, 15) is 13.6 Å². The molecule has 0 spiro atoms. The molecule has 1 heterocycles. The van der Waals surface area contributed by atoms with Gasteiger partial charge in [0.15, 0.2) is 11.5 Å². The summed E-state index contributed by atoms with van der Waals surface area (Å²) >= 11 is 6.01. The molecule has 11 heteroatoms. The van der Waals surface area contributed by atoms with Crippen LogP contribution in [0.1, 0.15) is 35.3 Å². The molecular weight excluding hydrogens is 392 g/mol. The van der Waals surface area contributed by atoms with E-state index in [4.69, 9.17) is 23.1 Å². The summed E-state index contributed by atoms with van der Waals surface area (Å²) in [7, 11) is 0. The first-order valence-corrected chi connectivity index (χ1v) is 9.03.